The number of hydrogen-bond donors (Lipinski definition) is 2. The van der Waals surface area contributed by atoms with Gasteiger partial charge in [0.05, 0.1) is 16.8 Å². The Morgan fingerprint density at radius 1 is 1.20 bits per heavy atom. The van der Waals surface area contributed by atoms with E-state index in [0.29, 0.717) is 0 Å². The predicted octanol–water partition coefficient (Wildman–Crippen LogP) is 4.19. The van der Waals surface area contributed by atoms with E-state index in [9.17, 15) is 0 Å². The Morgan fingerprint density at radius 3 is 2.95 bits per heavy atom. The van der Waals surface area contributed by atoms with E-state index in [1.807, 2.05) is 12.3 Å². The van der Waals surface area contributed by atoms with Crippen LogP contribution >= 0.6 is 27.3 Å². The van der Waals surface area contributed by atoms with Crippen LogP contribution in [0.2, 0.25) is 0 Å². The van der Waals surface area contributed by atoms with Gasteiger partial charge < -0.3 is 5.32 Å². The number of aromatic amines is 1. The van der Waals surface area contributed by atoms with Crippen LogP contribution in [0.15, 0.2) is 52.4 Å². The Bertz CT molecular complexity index is 676. The quantitative estimate of drug-likeness (QED) is 0.726. The van der Waals surface area contributed by atoms with Crippen molar-refractivity contribution < 1.29 is 0 Å². The van der Waals surface area contributed by atoms with Gasteiger partial charge in [0.2, 0.25) is 0 Å². The van der Waals surface area contributed by atoms with Crippen LogP contribution in [0, 0.1) is 0 Å². The summed E-state index contributed by atoms with van der Waals surface area (Å²) >= 11 is 5.21. The highest BCUT2D eigenvalue weighted by Crippen LogP contribution is 2.25. The molecule has 0 saturated heterocycles. The lowest BCUT2D eigenvalue weighted by molar-refractivity contribution is 0.694. The minimum Gasteiger partial charge on any atom is -0.308 e. The standard InChI is InChI=1S/C15H14BrN3S/c16-13-4-1-3-11(7-13)8-17-9-12-10-18-19-15(12)14-5-2-6-20-14/h1-7,10,17H,8-9H2,(H,18,19). The van der Waals surface area contributed by atoms with E-state index in [-0.39, 0.29) is 0 Å². The van der Waals surface area contributed by atoms with Crippen LogP contribution in [-0.4, -0.2) is 10.2 Å². The predicted molar refractivity (Wildman–Crippen MR) is 86.6 cm³/mol. The van der Waals surface area contributed by atoms with Crippen LogP contribution in [0.25, 0.3) is 10.6 Å². The molecule has 3 rings (SSSR count). The number of nitrogens with one attached hydrogen (secondary N) is 2. The Morgan fingerprint density at radius 2 is 2.15 bits per heavy atom. The molecule has 0 fully saturated rings. The van der Waals surface area contributed by atoms with Crippen molar-refractivity contribution in [2.24, 2.45) is 0 Å². The molecule has 0 aliphatic carbocycles. The smallest absolute Gasteiger partial charge is 0.0794 e. The number of halogens is 1. The zero-order valence-corrected chi connectivity index (χ0v) is 13.2. The van der Waals surface area contributed by atoms with Crippen molar-refractivity contribution >= 4 is 27.3 Å². The molecule has 0 atom stereocenters. The van der Waals surface area contributed by atoms with Crippen molar-refractivity contribution in [3.05, 3.63) is 63.6 Å². The lowest BCUT2D eigenvalue weighted by Gasteiger charge is -2.05. The number of benzene rings is 1. The van der Waals surface area contributed by atoms with Crippen molar-refractivity contribution in [3.8, 4) is 10.6 Å². The van der Waals surface area contributed by atoms with Gasteiger partial charge in [-0.25, -0.2) is 0 Å². The summed E-state index contributed by atoms with van der Waals surface area (Å²) < 4.78 is 1.11. The zero-order valence-electron chi connectivity index (χ0n) is 10.8. The Balaban J connectivity index is 1.64. The van der Waals surface area contributed by atoms with Gasteiger partial charge in [0.1, 0.15) is 0 Å². The zero-order chi connectivity index (χ0) is 13.8. The maximum absolute atomic E-state index is 4.15. The maximum atomic E-state index is 4.15. The van der Waals surface area contributed by atoms with Gasteiger partial charge in [0.25, 0.3) is 0 Å². The van der Waals surface area contributed by atoms with Gasteiger partial charge in [-0.05, 0) is 29.1 Å². The lowest BCUT2D eigenvalue weighted by Crippen LogP contribution is -2.12. The molecule has 3 aromatic rings. The third-order valence-electron chi connectivity index (χ3n) is 3.02. The first-order chi connectivity index (χ1) is 9.83. The summed E-state index contributed by atoms with van der Waals surface area (Å²) in [6, 6.07) is 12.5. The van der Waals surface area contributed by atoms with Gasteiger partial charge in [0.15, 0.2) is 0 Å². The first-order valence-corrected chi connectivity index (χ1v) is 8.01. The molecule has 2 aromatic heterocycles. The van der Waals surface area contributed by atoms with Gasteiger partial charge in [-0.3, -0.25) is 5.10 Å². The van der Waals surface area contributed by atoms with E-state index in [2.05, 4.69) is 67.2 Å². The Labute approximate surface area is 130 Å². The van der Waals surface area contributed by atoms with Gasteiger partial charge in [-0.1, -0.05) is 34.1 Å². The molecule has 5 heteroatoms. The van der Waals surface area contributed by atoms with Gasteiger partial charge in [-0.15, -0.1) is 11.3 Å². The first kappa shape index (κ1) is 13.5. The SMILES string of the molecule is Brc1cccc(CNCc2cn[nH]c2-c2cccs2)c1. The second-order valence-corrected chi connectivity index (χ2v) is 6.34. The number of thiophene rings is 1. The first-order valence-electron chi connectivity index (χ1n) is 6.34. The Kier molecular flexibility index (Phi) is 4.30. The highest BCUT2D eigenvalue weighted by atomic mass is 79.9. The summed E-state index contributed by atoms with van der Waals surface area (Å²) in [5, 5.41) is 12.8. The van der Waals surface area contributed by atoms with Gasteiger partial charge in [0, 0.05) is 23.1 Å². The summed E-state index contributed by atoms with van der Waals surface area (Å²) in [6.07, 6.45) is 1.89. The third kappa shape index (κ3) is 3.17. The van der Waals surface area contributed by atoms with Crippen LogP contribution in [-0.2, 0) is 13.1 Å². The summed E-state index contributed by atoms with van der Waals surface area (Å²) in [7, 11) is 0. The maximum Gasteiger partial charge on any atom is 0.0794 e. The molecule has 20 heavy (non-hydrogen) atoms. The molecular formula is C15H14BrN3S. The molecule has 0 unspecified atom stereocenters. The molecule has 0 saturated carbocycles. The largest absolute Gasteiger partial charge is 0.308 e. The van der Waals surface area contributed by atoms with Crippen molar-refractivity contribution in [2.75, 3.05) is 0 Å². The number of rotatable bonds is 5. The molecule has 3 nitrogen and oxygen atoms in total. The third-order valence-corrected chi connectivity index (χ3v) is 4.40. The number of nitrogens with zero attached hydrogens (tertiary/aromatic N) is 1. The van der Waals surface area contributed by atoms with E-state index in [0.717, 1.165) is 23.3 Å². The van der Waals surface area contributed by atoms with Crippen LogP contribution in [0.1, 0.15) is 11.1 Å². The fraction of sp³-hybridized carbons (Fsp3) is 0.133. The van der Waals surface area contributed by atoms with Gasteiger partial charge in [-0.2, -0.15) is 5.10 Å². The highest BCUT2D eigenvalue weighted by molar-refractivity contribution is 9.10. The molecule has 0 spiro atoms. The van der Waals surface area contributed by atoms with E-state index in [1.54, 1.807) is 11.3 Å². The molecular weight excluding hydrogens is 334 g/mol. The minimum absolute atomic E-state index is 0.802. The van der Waals surface area contributed by atoms with Crippen molar-refractivity contribution in [3.63, 3.8) is 0 Å². The summed E-state index contributed by atoms with van der Waals surface area (Å²) in [5.41, 5.74) is 3.57. The molecule has 1 aromatic carbocycles. The molecule has 0 radical (unpaired) electrons. The molecule has 0 amide bonds. The molecule has 0 aliphatic rings. The van der Waals surface area contributed by atoms with Crippen molar-refractivity contribution in [1.82, 2.24) is 15.5 Å². The monoisotopic (exact) mass is 347 g/mol. The second kappa shape index (κ2) is 6.35. The van der Waals surface area contributed by atoms with Crippen LogP contribution in [0.3, 0.4) is 0 Å². The second-order valence-electron chi connectivity index (χ2n) is 4.48. The summed E-state index contributed by atoms with van der Waals surface area (Å²) in [4.78, 5) is 1.22. The van der Waals surface area contributed by atoms with Crippen molar-refractivity contribution in [1.29, 1.82) is 0 Å². The molecule has 102 valence electrons. The number of hydrogen-bond acceptors (Lipinski definition) is 3. The van der Waals surface area contributed by atoms with E-state index >= 15 is 0 Å². The van der Waals surface area contributed by atoms with Crippen LogP contribution in [0.4, 0.5) is 0 Å². The van der Waals surface area contributed by atoms with Crippen LogP contribution in [0.5, 0.6) is 0 Å². The average Bonchev–Trinajstić information content (AvgIpc) is 3.09. The van der Waals surface area contributed by atoms with Gasteiger partial charge >= 0.3 is 0 Å². The fourth-order valence-corrected chi connectivity index (χ4v) is 3.27. The number of H-pyrrole nitrogens is 1. The highest BCUT2D eigenvalue weighted by Gasteiger charge is 2.07. The average molecular weight is 348 g/mol. The topological polar surface area (TPSA) is 40.7 Å². The van der Waals surface area contributed by atoms with Crippen molar-refractivity contribution in [2.45, 2.75) is 13.1 Å². The van der Waals surface area contributed by atoms with E-state index in [1.165, 1.54) is 16.0 Å². The summed E-state index contributed by atoms with van der Waals surface area (Å²) in [5.74, 6) is 0. The van der Waals surface area contributed by atoms with Crippen LogP contribution < -0.4 is 5.32 Å². The molecule has 0 bridgehead atoms. The van der Waals surface area contributed by atoms with E-state index in [4.69, 9.17) is 0 Å². The molecule has 0 aliphatic heterocycles. The molecule has 2 N–H and O–H groups in total. The summed E-state index contributed by atoms with van der Waals surface area (Å²) in [6.45, 7) is 1.64. The lowest BCUT2D eigenvalue weighted by atomic mass is 10.2. The number of aromatic nitrogens is 2. The molecule has 2 heterocycles. The fourth-order valence-electron chi connectivity index (χ4n) is 2.07. The normalized spacial score (nSPS) is 10.8. The van der Waals surface area contributed by atoms with E-state index < -0.39 is 0 Å². The minimum atomic E-state index is 0.802. The Hall–Kier alpha value is -1.43.